The molecule has 164 valence electrons. The molecule has 1 saturated heterocycles. The first-order valence-electron chi connectivity index (χ1n) is 9.73. The quantitative estimate of drug-likeness (QED) is 0.607. The number of rotatable bonds is 4. The van der Waals surface area contributed by atoms with E-state index in [0.29, 0.717) is 22.6 Å². The van der Waals surface area contributed by atoms with Crippen LogP contribution in [0, 0.1) is 26.6 Å². The van der Waals surface area contributed by atoms with E-state index >= 15 is 0 Å². The Morgan fingerprint density at radius 2 is 1.71 bits per heavy atom. The van der Waals surface area contributed by atoms with Crippen LogP contribution in [0.1, 0.15) is 27.5 Å². The number of carbonyl (C=O) groups excluding carboxylic acids is 1. The molecule has 1 aromatic carbocycles. The number of amides is 1. The highest BCUT2D eigenvalue weighted by atomic mass is 32.2. The highest BCUT2D eigenvalue weighted by Gasteiger charge is 2.34. The molecule has 0 spiro atoms. The number of aryl methyl sites for hydroxylation is 2. The summed E-state index contributed by atoms with van der Waals surface area (Å²) < 4.78 is 47.0. The molecule has 4 rings (SSSR count). The maximum Gasteiger partial charge on any atom is 0.257 e. The van der Waals surface area contributed by atoms with Gasteiger partial charge in [0.1, 0.15) is 16.4 Å². The topological polar surface area (TPSA) is 102 Å². The van der Waals surface area contributed by atoms with Gasteiger partial charge in [0.15, 0.2) is 5.76 Å². The molecule has 3 aromatic rings. The largest absolute Gasteiger partial charge is 0.360 e. The molecule has 0 aliphatic carbocycles. The smallest absolute Gasteiger partial charge is 0.257 e. The van der Waals surface area contributed by atoms with Crippen molar-refractivity contribution in [2.24, 2.45) is 0 Å². The molecule has 3 heterocycles. The van der Waals surface area contributed by atoms with Crippen molar-refractivity contribution >= 4 is 15.9 Å². The van der Waals surface area contributed by atoms with Crippen LogP contribution in [-0.4, -0.2) is 64.6 Å². The number of hydrogen-bond donors (Lipinski definition) is 0. The van der Waals surface area contributed by atoms with Crippen LogP contribution in [0.15, 0.2) is 39.9 Å². The molecule has 31 heavy (non-hydrogen) atoms. The van der Waals surface area contributed by atoms with Crippen molar-refractivity contribution in [3.8, 4) is 5.69 Å². The first kappa shape index (κ1) is 21.2. The summed E-state index contributed by atoms with van der Waals surface area (Å²) in [5.74, 6) is -0.325. The van der Waals surface area contributed by atoms with E-state index in [1.165, 1.54) is 22.6 Å². The Kier molecular flexibility index (Phi) is 5.40. The number of aromatic nitrogens is 3. The average Bonchev–Trinajstić information content (AvgIpc) is 3.30. The van der Waals surface area contributed by atoms with Gasteiger partial charge >= 0.3 is 0 Å². The van der Waals surface area contributed by atoms with Crippen molar-refractivity contribution in [3.63, 3.8) is 0 Å². The molecule has 0 radical (unpaired) electrons. The predicted molar refractivity (Wildman–Crippen MR) is 109 cm³/mol. The lowest BCUT2D eigenvalue weighted by Gasteiger charge is -2.33. The van der Waals surface area contributed by atoms with Crippen LogP contribution in [0.25, 0.3) is 5.69 Å². The molecular weight excluding hydrogens is 425 g/mol. The lowest BCUT2D eigenvalue weighted by atomic mass is 10.2. The van der Waals surface area contributed by atoms with Gasteiger partial charge in [-0.05, 0) is 45.0 Å². The third kappa shape index (κ3) is 3.74. The SMILES string of the molecule is Cc1noc(C)c1S(=O)(=O)N1CCN(C(=O)c2cnn(-c3ccc(F)cc3)c2C)CC1. The minimum Gasteiger partial charge on any atom is -0.360 e. The van der Waals surface area contributed by atoms with Crippen molar-refractivity contribution in [1.82, 2.24) is 24.1 Å². The van der Waals surface area contributed by atoms with Gasteiger partial charge in [0.25, 0.3) is 5.91 Å². The Morgan fingerprint density at radius 1 is 1.06 bits per heavy atom. The van der Waals surface area contributed by atoms with E-state index in [9.17, 15) is 17.6 Å². The monoisotopic (exact) mass is 447 g/mol. The number of piperazine rings is 1. The van der Waals surface area contributed by atoms with E-state index in [-0.39, 0.29) is 48.6 Å². The summed E-state index contributed by atoms with van der Waals surface area (Å²) >= 11 is 0. The van der Waals surface area contributed by atoms with E-state index in [1.54, 1.807) is 42.5 Å². The normalized spacial score (nSPS) is 15.4. The molecule has 11 heteroatoms. The highest BCUT2D eigenvalue weighted by Crippen LogP contribution is 2.25. The summed E-state index contributed by atoms with van der Waals surface area (Å²) in [4.78, 5) is 14.7. The lowest BCUT2D eigenvalue weighted by Crippen LogP contribution is -2.50. The van der Waals surface area contributed by atoms with Crippen LogP contribution in [0.4, 0.5) is 4.39 Å². The van der Waals surface area contributed by atoms with Crippen LogP contribution in [0.3, 0.4) is 0 Å². The Morgan fingerprint density at radius 3 is 2.29 bits per heavy atom. The molecule has 1 aliphatic heterocycles. The van der Waals surface area contributed by atoms with E-state index in [0.717, 1.165) is 0 Å². The number of sulfonamides is 1. The van der Waals surface area contributed by atoms with Crippen LogP contribution in [0.2, 0.25) is 0 Å². The van der Waals surface area contributed by atoms with Crippen molar-refractivity contribution in [2.75, 3.05) is 26.2 Å². The summed E-state index contributed by atoms with van der Waals surface area (Å²) in [6.07, 6.45) is 1.48. The fourth-order valence-electron chi connectivity index (χ4n) is 3.74. The third-order valence-corrected chi connectivity index (χ3v) is 7.55. The zero-order valence-electron chi connectivity index (χ0n) is 17.4. The number of hydrogen-bond acceptors (Lipinski definition) is 6. The first-order chi connectivity index (χ1) is 14.7. The van der Waals surface area contributed by atoms with Gasteiger partial charge in [-0.25, -0.2) is 17.5 Å². The van der Waals surface area contributed by atoms with Gasteiger partial charge in [-0.1, -0.05) is 5.16 Å². The molecule has 0 unspecified atom stereocenters. The van der Waals surface area contributed by atoms with Gasteiger partial charge in [-0.3, -0.25) is 4.79 Å². The molecule has 9 nitrogen and oxygen atoms in total. The molecular formula is C20H22FN5O4S. The predicted octanol–water partition coefficient (Wildman–Crippen LogP) is 2.07. The van der Waals surface area contributed by atoms with Crippen LogP contribution >= 0.6 is 0 Å². The third-order valence-electron chi connectivity index (χ3n) is 5.40. The Balaban J connectivity index is 1.48. The van der Waals surface area contributed by atoms with E-state index in [4.69, 9.17) is 4.52 Å². The second-order valence-electron chi connectivity index (χ2n) is 7.38. The molecule has 0 N–H and O–H groups in total. The Bertz CT molecular complexity index is 1210. The van der Waals surface area contributed by atoms with E-state index in [1.807, 2.05) is 0 Å². The summed E-state index contributed by atoms with van der Waals surface area (Å²) in [5, 5.41) is 7.99. The zero-order valence-corrected chi connectivity index (χ0v) is 18.2. The maximum absolute atomic E-state index is 13.2. The summed E-state index contributed by atoms with van der Waals surface area (Å²) in [7, 11) is -3.75. The fraction of sp³-hybridized carbons (Fsp3) is 0.350. The molecule has 2 aromatic heterocycles. The van der Waals surface area contributed by atoms with Crippen LogP contribution < -0.4 is 0 Å². The molecule has 1 fully saturated rings. The summed E-state index contributed by atoms with van der Waals surface area (Å²) in [6.45, 7) is 5.76. The lowest BCUT2D eigenvalue weighted by molar-refractivity contribution is 0.0697. The second kappa shape index (κ2) is 7.89. The van der Waals surface area contributed by atoms with Crippen LogP contribution in [0.5, 0.6) is 0 Å². The molecule has 0 saturated carbocycles. The number of halogens is 1. The minimum absolute atomic E-state index is 0.0868. The Hall–Kier alpha value is -3.05. The van der Waals surface area contributed by atoms with Crippen molar-refractivity contribution in [3.05, 3.63) is 59.0 Å². The number of carbonyl (C=O) groups is 1. The van der Waals surface area contributed by atoms with Gasteiger partial charge in [0, 0.05) is 26.2 Å². The van der Waals surface area contributed by atoms with Crippen molar-refractivity contribution < 1.29 is 22.1 Å². The molecule has 0 bridgehead atoms. The summed E-state index contributed by atoms with van der Waals surface area (Å²) in [5.41, 5.74) is 2.02. The number of nitrogens with zero attached hydrogens (tertiary/aromatic N) is 5. The average molecular weight is 447 g/mol. The van der Waals surface area contributed by atoms with E-state index in [2.05, 4.69) is 10.3 Å². The van der Waals surface area contributed by atoms with Crippen LogP contribution in [-0.2, 0) is 10.0 Å². The molecule has 1 aliphatic rings. The Labute approximate surface area is 179 Å². The zero-order chi connectivity index (χ0) is 22.3. The number of benzene rings is 1. The standard InChI is InChI=1S/C20H22FN5O4S/c1-13-19(15(3)30-23-13)31(28,29)25-10-8-24(9-11-25)20(27)18-12-22-26(14(18)2)17-6-4-16(21)5-7-17/h4-7,12H,8-11H2,1-3H3. The maximum atomic E-state index is 13.2. The van der Waals surface area contributed by atoms with Crippen molar-refractivity contribution in [2.45, 2.75) is 25.7 Å². The van der Waals surface area contributed by atoms with Gasteiger partial charge < -0.3 is 9.42 Å². The highest BCUT2D eigenvalue weighted by molar-refractivity contribution is 7.89. The molecule has 1 amide bonds. The van der Waals surface area contributed by atoms with E-state index < -0.39 is 10.0 Å². The first-order valence-corrected chi connectivity index (χ1v) is 11.2. The fourth-order valence-corrected chi connectivity index (χ4v) is 5.45. The van der Waals surface area contributed by atoms with Gasteiger partial charge in [0.05, 0.1) is 23.1 Å². The van der Waals surface area contributed by atoms with Gasteiger partial charge in [-0.2, -0.15) is 9.40 Å². The van der Waals surface area contributed by atoms with Gasteiger partial charge in [0.2, 0.25) is 10.0 Å². The van der Waals surface area contributed by atoms with Gasteiger partial charge in [-0.15, -0.1) is 0 Å². The van der Waals surface area contributed by atoms with Crippen molar-refractivity contribution in [1.29, 1.82) is 0 Å². The molecule has 0 atom stereocenters. The summed E-state index contributed by atoms with van der Waals surface area (Å²) in [6, 6.07) is 5.83. The second-order valence-corrected chi connectivity index (χ2v) is 9.26. The minimum atomic E-state index is -3.75.